The minimum Gasteiger partial charge on any atom is -0.477 e. The maximum absolute atomic E-state index is 5.35. The molecule has 0 fully saturated rings. The first-order chi connectivity index (χ1) is 10.9. The second-order valence-electron chi connectivity index (χ2n) is 4.81. The third-order valence-corrected chi connectivity index (χ3v) is 3.39. The molecule has 106 valence electrons. The van der Waals surface area contributed by atoms with Gasteiger partial charge in [0.05, 0.1) is 22.3 Å². The van der Waals surface area contributed by atoms with Crippen LogP contribution >= 0.6 is 0 Å². The van der Waals surface area contributed by atoms with E-state index in [1.807, 2.05) is 36.4 Å². The molecule has 2 aliphatic heterocycles. The Morgan fingerprint density at radius 2 is 1.86 bits per heavy atom. The molecule has 2 aromatic rings. The van der Waals surface area contributed by atoms with Gasteiger partial charge in [0.2, 0.25) is 0 Å². The van der Waals surface area contributed by atoms with Crippen molar-refractivity contribution in [2.24, 2.45) is 20.0 Å². The lowest BCUT2D eigenvalue weighted by Gasteiger charge is -1.95. The van der Waals surface area contributed by atoms with Crippen LogP contribution in [0, 0.1) is 0 Å². The molecule has 0 aliphatic carbocycles. The van der Waals surface area contributed by atoms with Crippen molar-refractivity contribution in [2.45, 2.75) is 0 Å². The molecule has 0 saturated heterocycles. The molecule has 0 radical (unpaired) electrons. The van der Waals surface area contributed by atoms with E-state index in [0.29, 0.717) is 0 Å². The van der Waals surface area contributed by atoms with Crippen molar-refractivity contribution < 1.29 is 4.74 Å². The molecule has 0 unspecified atom stereocenters. The highest BCUT2D eigenvalue weighted by Gasteiger charge is 2.13. The molecule has 2 aromatic carbocycles. The van der Waals surface area contributed by atoms with Gasteiger partial charge in [-0.05, 0) is 18.2 Å². The third kappa shape index (κ3) is 2.44. The molecule has 5 heteroatoms. The van der Waals surface area contributed by atoms with Gasteiger partial charge in [-0.25, -0.2) is 9.98 Å². The summed E-state index contributed by atoms with van der Waals surface area (Å²) in [6.45, 7) is 0.233. The van der Waals surface area contributed by atoms with Crippen LogP contribution in [0.5, 0.6) is 0 Å². The smallest absolute Gasteiger partial charge is 0.178 e. The molecule has 0 amide bonds. The number of para-hydroxylation sites is 1. The van der Waals surface area contributed by atoms with E-state index in [0.717, 1.165) is 32.5 Å². The molecule has 2 heterocycles. The first-order valence-electron chi connectivity index (χ1n) is 6.91. The molecule has 0 spiro atoms. The van der Waals surface area contributed by atoms with Crippen LogP contribution in [0.1, 0.15) is 5.56 Å². The Hall–Kier alpha value is -3.08. The molecule has 0 aromatic heterocycles. The van der Waals surface area contributed by atoms with E-state index >= 15 is 0 Å². The van der Waals surface area contributed by atoms with Gasteiger partial charge < -0.3 is 4.74 Å². The number of benzene rings is 2. The third-order valence-electron chi connectivity index (χ3n) is 3.39. The highest BCUT2D eigenvalue weighted by atomic mass is 16.5. The van der Waals surface area contributed by atoms with Gasteiger partial charge in [0.25, 0.3) is 0 Å². The summed E-state index contributed by atoms with van der Waals surface area (Å²) in [4.78, 5) is 17.5. The van der Waals surface area contributed by atoms with Gasteiger partial charge in [-0.15, -0.1) is 0 Å². The second kappa shape index (κ2) is 5.37. The molecular formula is C17H12N4O. The van der Waals surface area contributed by atoms with Crippen molar-refractivity contribution in [3.63, 3.8) is 0 Å². The van der Waals surface area contributed by atoms with E-state index in [2.05, 4.69) is 20.0 Å². The zero-order chi connectivity index (χ0) is 14.8. The standard InChI is InChI=1S/C17H12N4O/c1-2-4-14-12(3-1)9-18-10-13-15(5-6-16-17(13)21-16)20-11-22-8-7-19-14/h1-10H,11H2. The van der Waals surface area contributed by atoms with Crippen molar-refractivity contribution in [1.29, 1.82) is 0 Å². The van der Waals surface area contributed by atoms with E-state index in [1.165, 1.54) is 6.26 Å². The number of rotatable bonds is 0. The molecule has 22 heavy (non-hydrogen) atoms. The van der Waals surface area contributed by atoms with Crippen LogP contribution in [0.3, 0.4) is 0 Å². The Kier molecular flexibility index (Phi) is 3.08. The van der Waals surface area contributed by atoms with Crippen LogP contribution < -0.4 is 21.3 Å². The van der Waals surface area contributed by atoms with Gasteiger partial charge in [0, 0.05) is 23.2 Å². The Morgan fingerprint density at radius 3 is 2.86 bits per heavy atom. The number of fused-ring (bicyclic) bond motifs is 4. The number of nitrogens with zero attached hydrogens (tertiary/aromatic N) is 4. The summed E-state index contributed by atoms with van der Waals surface area (Å²) in [5.41, 5.74) is 1.89. The zero-order valence-electron chi connectivity index (χ0n) is 11.7. The van der Waals surface area contributed by atoms with E-state index in [9.17, 15) is 0 Å². The fourth-order valence-corrected chi connectivity index (χ4v) is 2.25. The minimum atomic E-state index is 0.233. The summed E-state index contributed by atoms with van der Waals surface area (Å²) in [5, 5.41) is 3.61. The fourth-order valence-electron chi connectivity index (χ4n) is 2.25. The van der Waals surface area contributed by atoms with Gasteiger partial charge in [-0.2, -0.15) is 0 Å². The molecule has 0 N–H and O–H groups in total. The largest absolute Gasteiger partial charge is 0.477 e. The van der Waals surface area contributed by atoms with Crippen LogP contribution in [0.15, 0.2) is 68.8 Å². The molecular weight excluding hydrogens is 276 g/mol. The van der Waals surface area contributed by atoms with Gasteiger partial charge in [0.1, 0.15) is 11.9 Å². The molecule has 0 atom stereocenters. The first-order valence-corrected chi connectivity index (χ1v) is 6.91. The van der Waals surface area contributed by atoms with Gasteiger partial charge >= 0.3 is 0 Å². The zero-order valence-corrected chi connectivity index (χ0v) is 11.7. The highest BCUT2D eigenvalue weighted by Crippen LogP contribution is 2.16. The summed E-state index contributed by atoms with van der Waals surface area (Å²) in [6.07, 6.45) is 6.73. The van der Waals surface area contributed by atoms with Crippen LogP contribution in [-0.2, 0) is 4.74 Å². The van der Waals surface area contributed by atoms with Gasteiger partial charge in [0.15, 0.2) is 6.73 Å². The summed E-state index contributed by atoms with van der Waals surface area (Å²) in [7, 11) is 0. The summed E-state index contributed by atoms with van der Waals surface area (Å²) in [6, 6.07) is 11.7. The molecule has 0 bridgehead atoms. The molecule has 0 saturated carbocycles. The van der Waals surface area contributed by atoms with E-state index in [4.69, 9.17) is 4.74 Å². The monoisotopic (exact) mass is 288 g/mol. The van der Waals surface area contributed by atoms with Crippen molar-refractivity contribution in [3.8, 4) is 0 Å². The summed E-state index contributed by atoms with van der Waals surface area (Å²) >= 11 is 0. The predicted octanol–water partition coefficient (Wildman–Crippen LogP) is 0.506. The lowest BCUT2D eigenvalue weighted by Crippen LogP contribution is -2.23. The minimum absolute atomic E-state index is 0.233. The normalized spacial score (nSPS) is 14.7. The molecule has 5 nitrogen and oxygen atoms in total. The lowest BCUT2D eigenvalue weighted by molar-refractivity contribution is 0.257. The van der Waals surface area contributed by atoms with Crippen LogP contribution in [0.2, 0.25) is 0 Å². The van der Waals surface area contributed by atoms with Crippen molar-refractivity contribution in [2.75, 3.05) is 6.73 Å². The first kappa shape index (κ1) is 12.6. The Bertz CT molecular complexity index is 1040. The van der Waals surface area contributed by atoms with Crippen LogP contribution in [-0.4, -0.2) is 12.9 Å². The maximum Gasteiger partial charge on any atom is 0.178 e. The Labute approximate surface area is 126 Å². The van der Waals surface area contributed by atoms with Gasteiger partial charge in [-0.1, -0.05) is 18.2 Å². The Balaban J connectivity index is 1.89. The van der Waals surface area contributed by atoms with Gasteiger partial charge in [-0.3, -0.25) is 9.98 Å². The van der Waals surface area contributed by atoms with Crippen molar-refractivity contribution in [1.82, 2.24) is 0 Å². The summed E-state index contributed by atoms with van der Waals surface area (Å²) < 4.78 is 5.35. The SMILES string of the molecule is C1=COCN=c2ccc3c(c2C=NC=c2ccccc2=N1)N=3. The number of ether oxygens (including phenoxy) is 1. The second-order valence-corrected chi connectivity index (χ2v) is 4.81. The average molecular weight is 288 g/mol. The predicted molar refractivity (Wildman–Crippen MR) is 82.8 cm³/mol. The van der Waals surface area contributed by atoms with Crippen molar-refractivity contribution in [3.05, 3.63) is 75.7 Å². The number of hydrogen-bond donors (Lipinski definition) is 0. The van der Waals surface area contributed by atoms with E-state index < -0.39 is 0 Å². The van der Waals surface area contributed by atoms with E-state index in [1.54, 1.807) is 18.6 Å². The molecule has 4 rings (SSSR count). The molecule has 2 aliphatic rings. The van der Waals surface area contributed by atoms with Crippen molar-refractivity contribution >= 4 is 18.1 Å². The summed E-state index contributed by atoms with van der Waals surface area (Å²) in [5.74, 6) is 0. The quantitative estimate of drug-likeness (QED) is 0.594. The number of hydrogen-bond acceptors (Lipinski definition) is 5. The maximum atomic E-state index is 5.35. The topological polar surface area (TPSA) is 58.7 Å². The van der Waals surface area contributed by atoms with E-state index in [-0.39, 0.29) is 6.73 Å². The average Bonchev–Trinajstić information content (AvgIpc) is 3.32. The van der Waals surface area contributed by atoms with Crippen LogP contribution in [0.4, 0.5) is 5.69 Å². The van der Waals surface area contributed by atoms with Crippen LogP contribution in [0.25, 0.3) is 6.20 Å². The Morgan fingerprint density at radius 1 is 0.955 bits per heavy atom. The number of aliphatic imine (C=N–C) groups is 1. The highest BCUT2D eigenvalue weighted by molar-refractivity contribution is 5.89. The lowest BCUT2D eigenvalue weighted by atomic mass is 10.2. The fraction of sp³-hybridized carbons (Fsp3) is 0.0588.